The highest BCUT2D eigenvalue weighted by Crippen LogP contribution is 2.14. The van der Waals surface area contributed by atoms with E-state index in [1.807, 2.05) is 19.9 Å². The Kier molecular flexibility index (Phi) is 4.73. The first-order valence-corrected chi connectivity index (χ1v) is 5.77. The molecule has 2 N–H and O–H groups in total. The third-order valence-corrected chi connectivity index (χ3v) is 2.66. The van der Waals surface area contributed by atoms with Crippen molar-refractivity contribution in [2.24, 2.45) is 0 Å². The maximum absolute atomic E-state index is 10.9. The van der Waals surface area contributed by atoms with Gasteiger partial charge in [0.2, 0.25) is 5.91 Å². The van der Waals surface area contributed by atoms with Gasteiger partial charge >= 0.3 is 0 Å². The SMILES string of the molecule is CC(=O)NC(C)Cc1ccc2nc(C)[nH]c2c1.Cl. The van der Waals surface area contributed by atoms with Gasteiger partial charge in [-0.1, -0.05) is 6.07 Å². The average molecular weight is 268 g/mol. The van der Waals surface area contributed by atoms with Crippen molar-refractivity contribution < 1.29 is 4.79 Å². The molecule has 0 radical (unpaired) electrons. The first-order chi connectivity index (χ1) is 8.04. The van der Waals surface area contributed by atoms with Crippen LogP contribution in [0.4, 0.5) is 0 Å². The van der Waals surface area contributed by atoms with Gasteiger partial charge in [0.15, 0.2) is 0 Å². The van der Waals surface area contributed by atoms with Crippen LogP contribution in [0.1, 0.15) is 25.2 Å². The molecular weight excluding hydrogens is 250 g/mol. The number of aromatic amines is 1. The fourth-order valence-electron chi connectivity index (χ4n) is 2.06. The van der Waals surface area contributed by atoms with E-state index in [9.17, 15) is 4.79 Å². The number of aryl methyl sites for hydroxylation is 1. The molecule has 0 saturated heterocycles. The van der Waals surface area contributed by atoms with Crippen molar-refractivity contribution in [3.63, 3.8) is 0 Å². The minimum Gasteiger partial charge on any atom is -0.354 e. The molecule has 5 heteroatoms. The number of imidazole rings is 1. The number of hydrogen-bond acceptors (Lipinski definition) is 2. The highest BCUT2D eigenvalue weighted by atomic mass is 35.5. The van der Waals surface area contributed by atoms with Gasteiger partial charge in [0.05, 0.1) is 11.0 Å². The number of aromatic nitrogens is 2. The minimum absolute atomic E-state index is 0. The summed E-state index contributed by atoms with van der Waals surface area (Å²) < 4.78 is 0. The van der Waals surface area contributed by atoms with Crippen LogP contribution >= 0.6 is 12.4 Å². The Hall–Kier alpha value is -1.55. The third-order valence-electron chi connectivity index (χ3n) is 2.66. The molecule has 1 aromatic heterocycles. The van der Waals surface area contributed by atoms with E-state index in [-0.39, 0.29) is 24.4 Å². The predicted molar refractivity (Wildman–Crippen MR) is 75.1 cm³/mol. The second kappa shape index (κ2) is 5.87. The minimum atomic E-state index is 0. The molecule has 2 aromatic rings. The number of nitrogens with zero attached hydrogens (tertiary/aromatic N) is 1. The maximum atomic E-state index is 10.9. The average Bonchev–Trinajstić information content (AvgIpc) is 2.55. The van der Waals surface area contributed by atoms with Gasteiger partial charge < -0.3 is 10.3 Å². The number of H-pyrrole nitrogens is 1. The lowest BCUT2D eigenvalue weighted by molar-refractivity contribution is -0.119. The van der Waals surface area contributed by atoms with E-state index in [0.29, 0.717) is 0 Å². The topological polar surface area (TPSA) is 57.8 Å². The quantitative estimate of drug-likeness (QED) is 0.897. The summed E-state index contributed by atoms with van der Waals surface area (Å²) in [5.74, 6) is 0.933. The Bertz CT molecular complexity index is 550. The molecule has 0 aliphatic heterocycles. The number of fused-ring (bicyclic) bond motifs is 1. The molecule has 0 aliphatic rings. The fourth-order valence-corrected chi connectivity index (χ4v) is 2.06. The lowest BCUT2D eigenvalue weighted by atomic mass is 10.1. The van der Waals surface area contributed by atoms with Crippen LogP contribution in [-0.4, -0.2) is 21.9 Å². The molecule has 2 rings (SSSR count). The zero-order chi connectivity index (χ0) is 12.4. The maximum Gasteiger partial charge on any atom is 0.217 e. The van der Waals surface area contributed by atoms with E-state index in [1.54, 1.807) is 0 Å². The molecule has 1 atom stereocenters. The van der Waals surface area contributed by atoms with Gasteiger partial charge in [0.25, 0.3) is 0 Å². The summed E-state index contributed by atoms with van der Waals surface area (Å²) in [6.07, 6.45) is 0.827. The highest BCUT2D eigenvalue weighted by Gasteiger charge is 2.06. The number of rotatable bonds is 3. The van der Waals surface area contributed by atoms with Gasteiger partial charge in [0.1, 0.15) is 5.82 Å². The first-order valence-electron chi connectivity index (χ1n) is 5.77. The highest BCUT2D eigenvalue weighted by molar-refractivity contribution is 5.85. The first kappa shape index (κ1) is 14.5. The van der Waals surface area contributed by atoms with Crippen LogP contribution in [0.2, 0.25) is 0 Å². The number of amides is 1. The summed E-state index contributed by atoms with van der Waals surface area (Å²) in [6, 6.07) is 6.30. The Labute approximate surface area is 113 Å². The lowest BCUT2D eigenvalue weighted by Gasteiger charge is -2.12. The summed E-state index contributed by atoms with van der Waals surface area (Å²) in [4.78, 5) is 18.5. The molecule has 0 aliphatic carbocycles. The van der Waals surface area contributed by atoms with Gasteiger partial charge in [-0.05, 0) is 38.0 Å². The van der Waals surface area contributed by atoms with Crippen molar-refractivity contribution in [1.29, 1.82) is 0 Å². The monoisotopic (exact) mass is 267 g/mol. The normalized spacial score (nSPS) is 11.9. The lowest BCUT2D eigenvalue weighted by Crippen LogP contribution is -2.31. The Morgan fingerprint density at radius 3 is 2.89 bits per heavy atom. The molecule has 1 amide bonds. The van der Waals surface area contributed by atoms with Gasteiger partial charge in [-0.3, -0.25) is 4.79 Å². The van der Waals surface area contributed by atoms with Gasteiger partial charge in [-0.15, -0.1) is 12.4 Å². The zero-order valence-corrected chi connectivity index (χ0v) is 11.6. The van der Waals surface area contributed by atoms with E-state index in [0.717, 1.165) is 23.3 Å². The fraction of sp³-hybridized carbons (Fsp3) is 0.385. The molecule has 0 saturated carbocycles. The second-order valence-electron chi connectivity index (χ2n) is 4.48. The van der Waals surface area contributed by atoms with Crippen LogP contribution < -0.4 is 5.32 Å². The standard InChI is InChI=1S/C13H17N3O.ClH/c1-8(14-10(3)17)6-11-4-5-12-13(7-11)16-9(2)15-12;/h4-5,7-8H,6H2,1-3H3,(H,14,17)(H,15,16);1H. The summed E-state index contributed by atoms with van der Waals surface area (Å²) in [6.45, 7) is 5.49. The van der Waals surface area contributed by atoms with Crippen LogP contribution in [0.25, 0.3) is 11.0 Å². The Morgan fingerprint density at radius 1 is 1.50 bits per heavy atom. The molecule has 0 bridgehead atoms. The molecule has 0 spiro atoms. The summed E-state index contributed by atoms with van der Waals surface area (Å²) in [7, 11) is 0. The van der Waals surface area contributed by atoms with Crippen molar-refractivity contribution >= 4 is 29.3 Å². The smallest absolute Gasteiger partial charge is 0.217 e. The van der Waals surface area contributed by atoms with E-state index in [2.05, 4.69) is 27.4 Å². The number of hydrogen-bond donors (Lipinski definition) is 2. The predicted octanol–water partition coefficient (Wildman–Crippen LogP) is 2.36. The van der Waals surface area contributed by atoms with Gasteiger partial charge in [0, 0.05) is 13.0 Å². The number of nitrogens with one attached hydrogen (secondary N) is 2. The van der Waals surface area contributed by atoms with Crippen LogP contribution in [0, 0.1) is 6.92 Å². The molecule has 18 heavy (non-hydrogen) atoms. The Morgan fingerprint density at radius 2 is 2.22 bits per heavy atom. The van der Waals surface area contributed by atoms with Crippen LogP contribution in [0.15, 0.2) is 18.2 Å². The number of carbonyl (C=O) groups is 1. The largest absolute Gasteiger partial charge is 0.354 e. The number of benzene rings is 1. The van der Waals surface area contributed by atoms with Crippen LogP contribution in [-0.2, 0) is 11.2 Å². The third kappa shape index (κ3) is 3.47. The van der Waals surface area contributed by atoms with Crippen molar-refractivity contribution in [2.75, 3.05) is 0 Å². The van der Waals surface area contributed by atoms with Gasteiger partial charge in [-0.2, -0.15) is 0 Å². The second-order valence-corrected chi connectivity index (χ2v) is 4.48. The van der Waals surface area contributed by atoms with Crippen molar-refractivity contribution in [3.8, 4) is 0 Å². The van der Waals surface area contributed by atoms with Crippen LogP contribution in [0.3, 0.4) is 0 Å². The summed E-state index contributed by atoms with van der Waals surface area (Å²) in [5.41, 5.74) is 3.23. The molecule has 1 aromatic carbocycles. The van der Waals surface area contributed by atoms with Gasteiger partial charge in [-0.25, -0.2) is 4.98 Å². The molecular formula is C13H18ClN3O. The summed E-state index contributed by atoms with van der Waals surface area (Å²) in [5, 5.41) is 2.88. The number of halogens is 1. The number of carbonyl (C=O) groups excluding carboxylic acids is 1. The molecule has 4 nitrogen and oxygen atoms in total. The molecule has 98 valence electrons. The van der Waals surface area contributed by atoms with Crippen molar-refractivity contribution in [3.05, 3.63) is 29.6 Å². The van der Waals surface area contributed by atoms with Crippen LogP contribution in [0.5, 0.6) is 0 Å². The van der Waals surface area contributed by atoms with E-state index in [1.165, 1.54) is 12.5 Å². The van der Waals surface area contributed by atoms with Crippen molar-refractivity contribution in [2.45, 2.75) is 33.2 Å². The molecule has 0 fully saturated rings. The zero-order valence-electron chi connectivity index (χ0n) is 10.8. The summed E-state index contributed by atoms with van der Waals surface area (Å²) >= 11 is 0. The molecule has 1 heterocycles. The Balaban J connectivity index is 0.00000162. The molecule has 1 unspecified atom stereocenters. The van der Waals surface area contributed by atoms with Crippen molar-refractivity contribution in [1.82, 2.24) is 15.3 Å². The van der Waals surface area contributed by atoms with E-state index >= 15 is 0 Å². The van der Waals surface area contributed by atoms with E-state index in [4.69, 9.17) is 0 Å². The van der Waals surface area contributed by atoms with E-state index < -0.39 is 0 Å².